The summed E-state index contributed by atoms with van der Waals surface area (Å²) in [4.78, 5) is 27.4. The number of benzene rings is 3. The molecule has 0 aliphatic heterocycles. The number of aryl methyl sites for hydroxylation is 1. The van der Waals surface area contributed by atoms with Crippen LogP contribution in [0.4, 0.5) is 21.9 Å². The smallest absolute Gasteiger partial charge is 0.340 e. The van der Waals surface area contributed by atoms with Gasteiger partial charge < -0.3 is 25.4 Å². The van der Waals surface area contributed by atoms with Gasteiger partial charge in [0.2, 0.25) is 0 Å². The summed E-state index contributed by atoms with van der Waals surface area (Å²) in [5.74, 6) is 0.0145. The van der Waals surface area contributed by atoms with Gasteiger partial charge in [0.15, 0.2) is 0 Å². The highest BCUT2D eigenvalue weighted by Crippen LogP contribution is 2.36. The minimum absolute atomic E-state index is 0.0778. The van der Waals surface area contributed by atoms with Crippen LogP contribution in [0.25, 0.3) is 11.1 Å². The average molecular weight is 504 g/mol. The number of methoxy groups -OCH3 is 1. The predicted molar refractivity (Wildman–Crippen MR) is 151 cm³/mol. The summed E-state index contributed by atoms with van der Waals surface area (Å²) in [5.41, 5.74) is 4.52. The Morgan fingerprint density at radius 2 is 1.57 bits per heavy atom. The van der Waals surface area contributed by atoms with E-state index in [9.17, 15) is 14.7 Å². The lowest BCUT2D eigenvalue weighted by molar-refractivity contribution is 0.0694. The molecule has 0 unspecified atom stereocenters. The zero-order chi connectivity index (χ0) is 27.1. The molecule has 0 bridgehead atoms. The van der Waals surface area contributed by atoms with E-state index in [2.05, 4.69) is 43.2 Å². The van der Waals surface area contributed by atoms with Crippen molar-refractivity contribution in [3.8, 4) is 16.9 Å². The summed E-state index contributed by atoms with van der Waals surface area (Å²) >= 11 is 0. The van der Waals surface area contributed by atoms with E-state index < -0.39 is 5.97 Å². The number of carbonyl (C=O) groups is 2. The molecule has 3 aromatic carbocycles. The van der Waals surface area contributed by atoms with E-state index in [1.54, 1.807) is 18.2 Å². The minimum Gasteiger partial charge on any atom is -0.496 e. The Balaban J connectivity index is 2.08. The number of ether oxygens (including phenoxy) is 1. The molecule has 3 aromatic rings. The molecule has 0 aromatic heterocycles. The molecule has 0 aliphatic carbocycles. The Morgan fingerprint density at radius 1 is 0.919 bits per heavy atom. The van der Waals surface area contributed by atoms with Crippen molar-refractivity contribution in [2.24, 2.45) is 11.8 Å². The topological polar surface area (TPSA) is 90.9 Å². The third-order valence-corrected chi connectivity index (χ3v) is 5.84. The van der Waals surface area contributed by atoms with E-state index >= 15 is 0 Å². The van der Waals surface area contributed by atoms with Crippen LogP contribution in [0, 0.1) is 18.8 Å². The lowest BCUT2D eigenvalue weighted by Gasteiger charge is -2.31. The van der Waals surface area contributed by atoms with Crippen molar-refractivity contribution in [2.45, 2.75) is 34.6 Å². The van der Waals surface area contributed by atoms with Crippen LogP contribution in [0.2, 0.25) is 0 Å². The second-order valence-electron chi connectivity index (χ2n) is 10.1. The lowest BCUT2D eigenvalue weighted by atomic mass is 9.97. The number of carbonyl (C=O) groups excluding carboxylic acids is 1. The molecule has 0 heterocycles. The second kappa shape index (κ2) is 12.3. The van der Waals surface area contributed by atoms with Gasteiger partial charge in [-0.15, -0.1) is 0 Å². The van der Waals surface area contributed by atoms with Gasteiger partial charge in [-0.25, -0.2) is 9.59 Å². The van der Waals surface area contributed by atoms with Gasteiger partial charge in [-0.2, -0.15) is 0 Å². The summed E-state index contributed by atoms with van der Waals surface area (Å²) < 4.78 is 5.32. The van der Waals surface area contributed by atoms with Gasteiger partial charge in [0.25, 0.3) is 0 Å². The first-order valence-corrected chi connectivity index (χ1v) is 12.5. The highest BCUT2D eigenvalue weighted by Gasteiger charge is 2.21. The molecule has 0 atom stereocenters. The van der Waals surface area contributed by atoms with Crippen molar-refractivity contribution >= 4 is 29.1 Å². The second-order valence-corrected chi connectivity index (χ2v) is 10.1. The SMILES string of the molecule is COc1cccc(-c2ccc(N(CC(C)C)CC(C)C)c(NC(=O)Nc3ccc(C)cc3)c2)c1C(=O)O. The maximum Gasteiger partial charge on any atom is 0.340 e. The number of rotatable bonds is 10. The van der Waals surface area contributed by atoms with Gasteiger partial charge >= 0.3 is 12.0 Å². The maximum absolute atomic E-state index is 13.1. The van der Waals surface area contributed by atoms with E-state index in [1.807, 2.05) is 49.4 Å². The van der Waals surface area contributed by atoms with E-state index in [0.717, 1.165) is 24.3 Å². The van der Waals surface area contributed by atoms with Crippen molar-refractivity contribution in [3.63, 3.8) is 0 Å². The molecule has 37 heavy (non-hydrogen) atoms. The van der Waals surface area contributed by atoms with Crippen molar-refractivity contribution in [1.82, 2.24) is 0 Å². The Morgan fingerprint density at radius 3 is 2.14 bits per heavy atom. The zero-order valence-electron chi connectivity index (χ0n) is 22.5. The van der Waals surface area contributed by atoms with Crippen molar-refractivity contribution in [1.29, 1.82) is 0 Å². The van der Waals surface area contributed by atoms with Crippen LogP contribution in [-0.2, 0) is 0 Å². The van der Waals surface area contributed by atoms with Gasteiger partial charge in [-0.1, -0.05) is 63.6 Å². The first-order chi connectivity index (χ1) is 17.6. The molecule has 3 rings (SSSR count). The van der Waals surface area contributed by atoms with E-state index in [-0.39, 0.29) is 17.3 Å². The predicted octanol–water partition coefficient (Wildman–Crippen LogP) is 7.13. The van der Waals surface area contributed by atoms with E-state index in [4.69, 9.17) is 4.74 Å². The van der Waals surface area contributed by atoms with Crippen LogP contribution < -0.4 is 20.3 Å². The number of hydrogen-bond acceptors (Lipinski definition) is 4. The summed E-state index contributed by atoms with van der Waals surface area (Å²) in [5, 5.41) is 15.8. The third kappa shape index (κ3) is 7.26. The maximum atomic E-state index is 13.1. The van der Waals surface area contributed by atoms with Gasteiger partial charge in [-0.3, -0.25) is 0 Å². The van der Waals surface area contributed by atoms with Crippen LogP contribution in [0.3, 0.4) is 0 Å². The van der Waals surface area contributed by atoms with Gasteiger partial charge in [-0.05, 0) is 54.7 Å². The minimum atomic E-state index is -1.08. The van der Waals surface area contributed by atoms with Crippen molar-refractivity contribution in [3.05, 3.63) is 71.8 Å². The number of urea groups is 1. The molecule has 0 saturated heterocycles. The van der Waals surface area contributed by atoms with Crippen molar-refractivity contribution < 1.29 is 19.4 Å². The summed E-state index contributed by atoms with van der Waals surface area (Å²) in [7, 11) is 1.45. The normalized spacial score (nSPS) is 10.9. The molecule has 0 spiro atoms. The molecule has 0 aliphatic rings. The number of carboxylic acid groups (broad SMARTS) is 1. The third-order valence-electron chi connectivity index (χ3n) is 5.84. The molecule has 0 fully saturated rings. The average Bonchev–Trinajstić information content (AvgIpc) is 2.83. The molecule has 196 valence electrons. The molecular formula is C30H37N3O4. The fourth-order valence-corrected chi connectivity index (χ4v) is 4.32. The standard InChI is InChI=1S/C30H37N3O4/c1-19(2)17-33(18-20(3)4)26-15-12-22(24-8-7-9-27(37-6)28(24)29(34)35)16-25(26)32-30(36)31-23-13-10-21(5)11-14-23/h7-16,19-20H,17-18H2,1-6H3,(H,34,35)(H2,31,32,36). The summed E-state index contributed by atoms with van der Waals surface area (Å²) in [6, 6.07) is 18.0. The Labute approximate surface area is 219 Å². The van der Waals surface area contributed by atoms with Gasteiger partial charge in [0.1, 0.15) is 11.3 Å². The van der Waals surface area contributed by atoms with E-state index in [1.165, 1.54) is 7.11 Å². The van der Waals surface area contributed by atoms with Crippen LogP contribution in [0.15, 0.2) is 60.7 Å². The molecule has 0 saturated carbocycles. The fraction of sp³-hybridized carbons (Fsp3) is 0.333. The Hall–Kier alpha value is -4.00. The lowest BCUT2D eigenvalue weighted by Crippen LogP contribution is -2.32. The molecule has 0 radical (unpaired) electrons. The highest BCUT2D eigenvalue weighted by atomic mass is 16.5. The monoisotopic (exact) mass is 503 g/mol. The number of anilines is 3. The largest absolute Gasteiger partial charge is 0.496 e. The molecule has 7 nitrogen and oxygen atoms in total. The fourth-order valence-electron chi connectivity index (χ4n) is 4.32. The van der Waals surface area contributed by atoms with Crippen LogP contribution in [-0.4, -0.2) is 37.3 Å². The zero-order valence-corrected chi connectivity index (χ0v) is 22.5. The van der Waals surface area contributed by atoms with Crippen LogP contribution in [0.5, 0.6) is 5.75 Å². The quantitative estimate of drug-likeness (QED) is 0.274. The van der Waals surface area contributed by atoms with E-state index in [0.29, 0.717) is 34.3 Å². The number of amides is 2. The number of aromatic carboxylic acids is 1. The first kappa shape index (κ1) is 27.6. The number of nitrogens with zero attached hydrogens (tertiary/aromatic N) is 1. The summed E-state index contributed by atoms with van der Waals surface area (Å²) in [6.45, 7) is 12.3. The highest BCUT2D eigenvalue weighted by molar-refractivity contribution is 6.04. The first-order valence-electron chi connectivity index (χ1n) is 12.5. The van der Waals surface area contributed by atoms with Gasteiger partial charge in [0.05, 0.1) is 18.5 Å². The Kier molecular flexibility index (Phi) is 9.17. The number of carboxylic acids is 1. The number of nitrogens with one attached hydrogen (secondary N) is 2. The van der Waals surface area contributed by atoms with Crippen LogP contribution in [0.1, 0.15) is 43.6 Å². The molecular weight excluding hydrogens is 466 g/mol. The Bertz CT molecular complexity index is 1230. The molecule has 2 amide bonds. The van der Waals surface area contributed by atoms with Crippen LogP contribution >= 0.6 is 0 Å². The number of hydrogen-bond donors (Lipinski definition) is 3. The van der Waals surface area contributed by atoms with Crippen molar-refractivity contribution in [2.75, 3.05) is 35.7 Å². The summed E-state index contributed by atoms with van der Waals surface area (Å²) in [6.07, 6.45) is 0. The molecule has 3 N–H and O–H groups in total. The molecule has 7 heteroatoms. The van der Waals surface area contributed by atoms with Gasteiger partial charge in [0, 0.05) is 24.3 Å².